The highest BCUT2D eigenvalue weighted by atomic mass is 32.1. The average molecular weight is 256 g/mol. The third kappa shape index (κ3) is 1.66. The van der Waals surface area contributed by atoms with Crippen LogP contribution in [0.3, 0.4) is 0 Å². The largest absolute Gasteiger partial charge is 0.268 e. The third-order valence-electron chi connectivity index (χ3n) is 2.93. The van der Waals surface area contributed by atoms with Crippen LogP contribution in [-0.2, 0) is 0 Å². The molecule has 1 aromatic carbocycles. The first kappa shape index (κ1) is 11.2. The molecular formula is C14H12N2OS. The van der Waals surface area contributed by atoms with Crippen molar-refractivity contribution >= 4 is 21.6 Å². The fourth-order valence-corrected chi connectivity index (χ4v) is 2.89. The van der Waals surface area contributed by atoms with Gasteiger partial charge in [-0.15, -0.1) is 11.3 Å². The van der Waals surface area contributed by atoms with Crippen LogP contribution >= 0.6 is 11.3 Å². The number of nitrogens with zero attached hydrogens (tertiary/aromatic N) is 2. The van der Waals surface area contributed by atoms with E-state index in [1.165, 1.54) is 11.3 Å². The van der Waals surface area contributed by atoms with Gasteiger partial charge in [0.05, 0.1) is 11.1 Å². The molecule has 0 radical (unpaired) electrons. The standard InChI is InChI=1S/C14H12N2OS/c1-9-4-3-5-11(8-9)16-10(2)15-13-12(14(16)17)6-7-18-13/h3-8H,1-2H3. The zero-order chi connectivity index (χ0) is 12.7. The van der Waals surface area contributed by atoms with Crippen molar-refractivity contribution in [1.82, 2.24) is 9.55 Å². The second kappa shape index (κ2) is 4.07. The predicted molar refractivity (Wildman–Crippen MR) is 74.7 cm³/mol. The Kier molecular flexibility index (Phi) is 2.52. The molecule has 0 saturated heterocycles. The van der Waals surface area contributed by atoms with E-state index in [1.807, 2.05) is 49.6 Å². The summed E-state index contributed by atoms with van der Waals surface area (Å²) >= 11 is 1.50. The Bertz CT molecular complexity index is 786. The van der Waals surface area contributed by atoms with E-state index in [0.717, 1.165) is 21.9 Å². The van der Waals surface area contributed by atoms with Gasteiger partial charge in [0.2, 0.25) is 0 Å². The topological polar surface area (TPSA) is 34.9 Å². The molecular weight excluding hydrogens is 244 g/mol. The normalized spacial score (nSPS) is 11.0. The van der Waals surface area contributed by atoms with Crippen LogP contribution in [0.2, 0.25) is 0 Å². The van der Waals surface area contributed by atoms with Crippen molar-refractivity contribution in [3.63, 3.8) is 0 Å². The lowest BCUT2D eigenvalue weighted by Gasteiger charge is -2.09. The molecule has 0 fully saturated rings. The molecule has 0 atom stereocenters. The fraction of sp³-hybridized carbons (Fsp3) is 0.143. The number of aryl methyl sites for hydroxylation is 2. The molecule has 3 nitrogen and oxygen atoms in total. The van der Waals surface area contributed by atoms with Crippen molar-refractivity contribution in [2.24, 2.45) is 0 Å². The Balaban J connectivity index is 2.38. The second-order valence-corrected chi connectivity index (χ2v) is 5.17. The summed E-state index contributed by atoms with van der Waals surface area (Å²) in [7, 11) is 0. The Morgan fingerprint density at radius 3 is 2.83 bits per heavy atom. The average Bonchev–Trinajstić information content (AvgIpc) is 2.77. The third-order valence-corrected chi connectivity index (χ3v) is 3.73. The van der Waals surface area contributed by atoms with Crippen molar-refractivity contribution in [3.05, 3.63) is 57.5 Å². The Morgan fingerprint density at radius 1 is 1.22 bits per heavy atom. The monoisotopic (exact) mass is 256 g/mol. The first-order chi connectivity index (χ1) is 8.66. The molecule has 0 saturated carbocycles. The lowest BCUT2D eigenvalue weighted by Crippen LogP contribution is -2.21. The number of rotatable bonds is 1. The van der Waals surface area contributed by atoms with Gasteiger partial charge >= 0.3 is 0 Å². The summed E-state index contributed by atoms with van der Waals surface area (Å²) in [5.41, 5.74) is 2.01. The molecule has 0 aliphatic rings. The van der Waals surface area contributed by atoms with E-state index in [9.17, 15) is 4.79 Å². The molecule has 0 unspecified atom stereocenters. The van der Waals surface area contributed by atoms with Gasteiger partial charge in [0, 0.05) is 0 Å². The number of hydrogen-bond donors (Lipinski definition) is 0. The maximum atomic E-state index is 12.5. The summed E-state index contributed by atoms with van der Waals surface area (Å²) < 4.78 is 1.67. The lowest BCUT2D eigenvalue weighted by molar-refractivity contribution is 0.896. The Labute approximate surface area is 108 Å². The second-order valence-electron chi connectivity index (χ2n) is 4.28. The lowest BCUT2D eigenvalue weighted by atomic mass is 10.2. The number of fused-ring (bicyclic) bond motifs is 1. The van der Waals surface area contributed by atoms with Gasteiger partial charge in [-0.05, 0) is 43.0 Å². The van der Waals surface area contributed by atoms with Crippen molar-refractivity contribution in [2.75, 3.05) is 0 Å². The fourth-order valence-electron chi connectivity index (χ4n) is 2.09. The zero-order valence-electron chi connectivity index (χ0n) is 10.2. The van der Waals surface area contributed by atoms with E-state index in [1.54, 1.807) is 4.57 Å². The SMILES string of the molecule is Cc1cccc(-n2c(C)nc3sccc3c2=O)c1. The Hall–Kier alpha value is -1.94. The smallest absolute Gasteiger partial charge is 0.266 e. The quantitative estimate of drug-likeness (QED) is 0.670. The van der Waals surface area contributed by atoms with Crippen LogP contribution in [0.15, 0.2) is 40.5 Å². The molecule has 2 aromatic heterocycles. The van der Waals surface area contributed by atoms with Crippen LogP contribution in [0.4, 0.5) is 0 Å². The number of aromatic nitrogens is 2. The van der Waals surface area contributed by atoms with E-state index in [4.69, 9.17) is 0 Å². The van der Waals surface area contributed by atoms with Crippen molar-refractivity contribution in [1.29, 1.82) is 0 Å². The summed E-state index contributed by atoms with van der Waals surface area (Å²) in [6, 6.07) is 9.73. The minimum atomic E-state index is 0.00403. The highest BCUT2D eigenvalue weighted by Gasteiger charge is 2.10. The van der Waals surface area contributed by atoms with E-state index >= 15 is 0 Å². The van der Waals surface area contributed by atoms with Gasteiger partial charge in [0.1, 0.15) is 10.7 Å². The minimum absolute atomic E-state index is 0.00403. The first-order valence-electron chi connectivity index (χ1n) is 5.71. The molecule has 3 rings (SSSR count). The van der Waals surface area contributed by atoms with Gasteiger partial charge in [0.15, 0.2) is 0 Å². The summed E-state index contributed by atoms with van der Waals surface area (Å²) in [5.74, 6) is 0.723. The maximum Gasteiger partial charge on any atom is 0.266 e. The summed E-state index contributed by atoms with van der Waals surface area (Å²) in [6.45, 7) is 3.88. The van der Waals surface area contributed by atoms with Gasteiger partial charge in [-0.25, -0.2) is 4.98 Å². The molecule has 0 aliphatic heterocycles. The van der Waals surface area contributed by atoms with Crippen LogP contribution in [0.5, 0.6) is 0 Å². The molecule has 3 aromatic rings. The van der Waals surface area contributed by atoms with Crippen LogP contribution < -0.4 is 5.56 Å². The van der Waals surface area contributed by atoms with Gasteiger partial charge in [-0.1, -0.05) is 12.1 Å². The molecule has 0 N–H and O–H groups in total. The van der Waals surface area contributed by atoms with Crippen molar-refractivity contribution in [2.45, 2.75) is 13.8 Å². The number of benzene rings is 1. The maximum absolute atomic E-state index is 12.5. The highest BCUT2D eigenvalue weighted by Crippen LogP contribution is 2.17. The number of thiophene rings is 1. The molecule has 0 aliphatic carbocycles. The summed E-state index contributed by atoms with van der Waals surface area (Å²) in [6.07, 6.45) is 0. The molecule has 90 valence electrons. The van der Waals surface area contributed by atoms with Crippen molar-refractivity contribution < 1.29 is 0 Å². The van der Waals surface area contributed by atoms with E-state index in [0.29, 0.717) is 5.39 Å². The molecule has 0 spiro atoms. The molecule has 2 heterocycles. The van der Waals surface area contributed by atoms with Gasteiger partial charge in [0.25, 0.3) is 5.56 Å². The van der Waals surface area contributed by atoms with E-state index < -0.39 is 0 Å². The summed E-state index contributed by atoms with van der Waals surface area (Å²) in [4.78, 5) is 17.7. The van der Waals surface area contributed by atoms with Gasteiger partial charge in [-0.3, -0.25) is 9.36 Å². The highest BCUT2D eigenvalue weighted by molar-refractivity contribution is 7.16. The van der Waals surface area contributed by atoms with E-state index in [2.05, 4.69) is 4.98 Å². The molecule has 18 heavy (non-hydrogen) atoms. The van der Waals surface area contributed by atoms with Crippen LogP contribution in [-0.4, -0.2) is 9.55 Å². The number of hydrogen-bond acceptors (Lipinski definition) is 3. The van der Waals surface area contributed by atoms with Gasteiger partial charge < -0.3 is 0 Å². The molecule has 4 heteroatoms. The van der Waals surface area contributed by atoms with E-state index in [-0.39, 0.29) is 5.56 Å². The molecule has 0 amide bonds. The Morgan fingerprint density at radius 2 is 2.06 bits per heavy atom. The van der Waals surface area contributed by atoms with Crippen molar-refractivity contribution in [3.8, 4) is 5.69 Å². The van der Waals surface area contributed by atoms with Gasteiger partial charge in [-0.2, -0.15) is 0 Å². The first-order valence-corrected chi connectivity index (χ1v) is 6.59. The minimum Gasteiger partial charge on any atom is -0.268 e. The van der Waals surface area contributed by atoms with Crippen LogP contribution in [0.25, 0.3) is 15.9 Å². The zero-order valence-corrected chi connectivity index (χ0v) is 11.0. The van der Waals surface area contributed by atoms with Crippen LogP contribution in [0, 0.1) is 13.8 Å². The summed E-state index contributed by atoms with van der Waals surface area (Å²) in [5, 5.41) is 2.59. The predicted octanol–water partition coefficient (Wildman–Crippen LogP) is 3.06. The van der Waals surface area contributed by atoms with Crippen LogP contribution in [0.1, 0.15) is 11.4 Å². The molecule has 0 bridgehead atoms.